The number of nitrogens with zero attached hydrogens (tertiary/aromatic N) is 1. The number of aliphatic hydroxyl groups excluding tert-OH is 2. The Balaban J connectivity index is 2.69. The summed E-state index contributed by atoms with van der Waals surface area (Å²) >= 11 is 11.7. The van der Waals surface area contributed by atoms with Crippen molar-refractivity contribution in [3.05, 3.63) is 33.8 Å². The first-order valence-electron chi connectivity index (χ1n) is 4.94. The van der Waals surface area contributed by atoms with Gasteiger partial charge < -0.3 is 10.2 Å². The lowest BCUT2D eigenvalue weighted by Gasteiger charge is -2.24. The second-order valence-corrected chi connectivity index (χ2v) is 4.50. The zero-order chi connectivity index (χ0) is 12.1. The Labute approximate surface area is 105 Å². The molecule has 0 bridgehead atoms. The maximum Gasteiger partial charge on any atom is 0.0609 e. The van der Waals surface area contributed by atoms with Crippen molar-refractivity contribution in [3.8, 4) is 0 Å². The van der Waals surface area contributed by atoms with E-state index in [0.717, 1.165) is 5.56 Å². The van der Waals surface area contributed by atoms with Gasteiger partial charge in [0.05, 0.1) is 29.3 Å². The maximum atomic E-state index is 9.02. The van der Waals surface area contributed by atoms with E-state index in [-0.39, 0.29) is 19.3 Å². The van der Waals surface area contributed by atoms with Crippen LogP contribution in [0.15, 0.2) is 18.2 Å². The molecule has 0 atom stereocenters. The standard InChI is InChI=1S/C11H15Cl2NO2/c1-14(9(6-15)7-16)5-8-2-3-10(12)11(13)4-8/h2-4,9,15-16H,5-7H2,1H3. The van der Waals surface area contributed by atoms with E-state index in [4.69, 9.17) is 33.4 Å². The van der Waals surface area contributed by atoms with E-state index in [2.05, 4.69) is 0 Å². The number of halogens is 2. The molecule has 90 valence electrons. The third-order valence-electron chi connectivity index (χ3n) is 2.46. The van der Waals surface area contributed by atoms with Crippen molar-refractivity contribution in [2.45, 2.75) is 12.6 Å². The van der Waals surface area contributed by atoms with Gasteiger partial charge in [0.1, 0.15) is 0 Å². The molecule has 0 aliphatic rings. The zero-order valence-electron chi connectivity index (χ0n) is 9.03. The van der Waals surface area contributed by atoms with Gasteiger partial charge in [0.2, 0.25) is 0 Å². The first-order chi connectivity index (χ1) is 7.58. The van der Waals surface area contributed by atoms with Crippen LogP contribution in [0, 0.1) is 0 Å². The molecule has 0 radical (unpaired) electrons. The quantitative estimate of drug-likeness (QED) is 0.852. The van der Waals surface area contributed by atoms with Crippen LogP contribution in [0.5, 0.6) is 0 Å². The molecule has 0 spiro atoms. The molecule has 0 aliphatic carbocycles. The van der Waals surface area contributed by atoms with Gasteiger partial charge in [-0.25, -0.2) is 0 Å². The van der Waals surface area contributed by atoms with Crippen LogP contribution in [0.4, 0.5) is 0 Å². The van der Waals surface area contributed by atoms with Crippen molar-refractivity contribution < 1.29 is 10.2 Å². The Morgan fingerprint density at radius 3 is 2.31 bits per heavy atom. The molecule has 3 nitrogen and oxygen atoms in total. The van der Waals surface area contributed by atoms with Crippen molar-refractivity contribution in [2.75, 3.05) is 20.3 Å². The van der Waals surface area contributed by atoms with Crippen LogP contribution in [0.2, 0.25) is 10.0 Å². The third-order valence-corrected chi connectivity index (χ3v) is 3.20. The van der Waals surface area contributed by atoms with Crippen molar-refractivity contribution >= 4 is 23.2 Å². The summed E-state index contributed by atoms with van der Waals surface area (Å²) in [4.78, 5) is 1.86. The number of aliphatic hydroxyl groups is 2. The molecular weight excluding hydrogens is 249 g/mol. The highest BCUT2D eigenvalue weighted by Crippen LogP contribution is 2.23. The third kappa shape index (κ3) is 3.61. The van der Waals surface area contributed by atoms with Gasteiger partial charge in [0.25, 0.3) is 0 Å². The molecule has 5 heteroatoms. The van der Waals surface area contributed by atoms with Crippen LogP contribution >= 0.6 is 23.2 Å². The number of benzene rings is 1. The molecule has 2 N–H and O–H groups in total. The van der Waals surface area contributed by atoms with Crippen LogP contribution < -0.4 is 0 Å². The van der Waals surface area contributed by atoms with Crippen molar-refractivity contribution in [1.82, 2.24) is 4.90 Å². The lowest BCUT2D eigenvalue weighted by atomic mass is 10.2. The topological polar surface area (TPSA) is 43.7 Å². The normalized spacial score (nSPS) is 11.4. The van der Waals surface area contributed by atoms with Gasteiger partial charge in [0, 0.05) is 6.54 Å². The minimum atomic E-state index is -0.255. The molecule has 1 rings (SSSR count). The lowest BCUT2D eigenvalue weighted by molar-refractivity contribution is 0.0874. The van der Waals surface area contributed by atoms with Crippen LogP contribution in [-0.4, -0.2) is 41.4 Å². The summed E-state index contributed by atoms with van der Waals surface area (Å²) < 4.78 is 0. The largest absolute Gasteiger partial charge is 0.395 e. The molecule has 0 unspecified atom stereocenters. The van der Waals surface area contributed by atoms with Gasteiger partial charge in [-0.1, -0.05) is 29.3 Å². The zero-order valence-corrected chi connectivity index (χ0v) is 10.5. The highest BCUT2D eigenvalue weighted by molar-refractivity contribution is 6.42. The average molecular weight is 264 g/mol. The molecule has 0 heterocycles. The summed E-state index contributed by atoms with van der Waals surface area (Å²) in [5, 5.41) is 19.1. The SMILES string of the molecule is CN(Cc1ccc(Cl)c(Cl)c1)C(CO)CO. The summed E-state index contributed by atoms with van der Waals surface area (Å²) in [6.07, 6.45) is 0. The van der Waals surface area contributed by atoms with Gasteiger partial charge in [0.15, 0.2) is 0 Å². The Hall–Kier alpha value is -0.320. The molecular formula is C11H15Cl2NO2. The number of rotatable bonds is 5. The van der Waals surface area contributed by atoms with E-state index in [1.54, 1.807) is 12.1 Å². The molecule has 1 aromatic carbocycles. The lowest BCUT2D eigenvalue weighted by Crippen LogP contribution is -2.37. The smallest absolute Gasteiger partial charge is 0.0609 e. The van der Waals surface area contributed by atoms with Crippen LogP contribution in [0.25, 0.3) is 0 Å². The number of likely N-dealkylation sites (N-methyl/N-ethyl adjacent to an activating group) is 1. The predicted molar refractivity (Wildman–Crippen MR) is 65.9 cm³/mol. The summed E-state index contributed by atoms with van der Waals surface area (Å²) in [7, 11) is 1.83. The number of hydrogen-bond acceptors (Lipinski definition) is 3. The summed E-state index contributed by atoms with van der Waals surface area (Å²) in [6, 6.07) is 5.14. The van der Waals surface area contributed by atoms with E-state index >= 15 is 0 Å². The van der Waals surface area contributed by atoms with Crippen LogP contribution in [0.1, 0.15) is 5.56 Å². The van der Waals surface area contributed by atoms with E-state index in [0.29, 0.717) is 16.6 Å². The Morgan fingerprint density at radius 1 is 1.19 bits per heavy atom. The van der Waals surface area contributed by atoms with Crippen molar-refractivity contribution in [1.29, 1.82) is 0 Å². The second-order valence-electron chi connectivity index (χ2n) is 3.68. The molecule has 0 aromatic heterocycles. The minimum Gasteiger partial charge on any atom is -0.395 e. The molecule has 16 heavy (non-hydrogen) atoms. The van der Waals surface area contributed by atoms with Gasteiger partial charge in [-0.05, 0) is 24.7 Å². The van der Waals surface area contributed by atoms with Crippen molar-refractivity contribution in [2.24, 2.45) is 0 Å². The predicted octanol–water partition coefficient (Wildman–Crippen LogP) is 1.78. The van der Waals surface area contributed by atoms with E-state index in [1.165, 1.54) is 0 Å². The first kappa shape index (κ1) is 13.7. The summed E-state index contributed by atoms with van der Waals surface area (Å²) in [5.74, 6) is 0. The highest BCUT2D eigenvalue weighted by Gasteiger charge is 2.13. The van der Waals surface area contributed by atoms with Crippen LogP contribution in [0.3, 0.4) is 0 Å². The first-order valence-corrected chi connectivity index (χ1v) is 5.70. The molecule has 0 aliphatic heterocycles. The van der Waals surface area contributed by atoms with Gasteiger partial charge in [-0.2, -0.15) is 0 Å². The summed E-state index contributed by atoms with van der Waals surface area (Å²) in [6.45, 7) is 0.450. The Bertz CT molecular complexity index is 343. The van der Waals surface area contributed by atoms with E-state index in [1.807, 2.05) is 18.0 Å². The van der Waals surface area contributed by atoms with E-state index < -0.39 is 0 Å². The fourth-order valence-electron chi connectivity index (χ4n) is 1.39. The Kier molecular flexibility index (Phi) is 5.52. The monoisotopic (exact) mass is 263 g/mol. The number of hydrogen-bond donors (Lipinski definition) is 2. The fourth-order valence-corrected chi connectivity index (χ4v) is 1.71. The summed E-state index contributed by atoms with van der Waals surface area (Å²) in [5.41, 5.74) is 0.990. The van der Waals surface area contributed by atoms with Gasteiger partial charge in [-0.15, -0.1) is 0 Å². The Morgan fingerprint density at radius 2 is 1.81 bits per heavy atom. The molecule has 0 saturated heterocycles. The minimum absolute atomic E-state index is 0.0751. The molecule has 0 saturated carbocycles. The molecule has 0 fully saturated rings. The maximum absolute atomic E-state index is 9.02. The molecule has 1 aromatic rings. The highest BCUT2D eigenvalue weighted by atomic mass is 35.5. The van der Waals surface area contributed by atoms with Crippen LogP contribution in [-0.2, 0) is 6.54 Å². The second kappa shape index (κ2) is 6.42. The molecule has 0 amide bonds. The van der Waals surface area contributed by atoms with Crippen molar-refractivity contribution in [3.63, 3.8) is 0 Å². The average Bonchev–Trinajstić information content (AvgIpc) is 2.25. The van der Waals surface area contributed by atoms with E-state index in [9.17, 15) is 0 Å². The van der Waals surface area contributed by atoms with Gasteiger partial charge >= 0.3 is 0 Å². The fraction of sp³-hybridized carbons (Fsp3) is 0.455. The van der Waals surface area contributed by atoms with Gasteiger partial charge in [-0.3, -0.25) is 4.90 Å².